The van der Waals surface area contributed by atoms with Crippen LogP contribution in [0, 0.1) is 0 Å². The molecule has 0 radical (unpaired) electrons. The van der Waals surface area contributed by atoms with E-state index in [1.165, 1.54) is 21.9 Å². The van der Waals surface area contributed by atoms with Gasteiger partial charge >= 0.3 is 0 Å². The smallest absolute Gasteiger partial charge is 0.0583 e. The van der Waals surface area contributed by atoms with E-state index < -0.39 is 0 Å². The Kier molecular flexibility index (Phi) is 4.32. The molecule has 21 heavy (non-hydrogen) atoms. The van der Waals surface area contributed by atoms with Crippen molar-refractivity contribution < 1.29 is 0 Å². The van der Waals surface area contributed by atoms with Crippen LogP contribution in [0.15, 0.2) is 65.4 Å². The van der Waals surface area contributed by atoms with Crippen molar-refractivity contribution in [1.82, 2.24) is 10.3 Å². The number of hydrogen-bond donors (Lipinski definition) is 1. The number of pyridine rings is 1. The molecule has 0 aliphatic carbocycles. The summed E-state index contributed by atoms with van der Waals surface area (Å²) in [5, 5.41) is 6.01. The van der Waals surface area contributed by atoms with Crippen LogP contribution in [0.3, 0.4) is 0 Å². The van der Waals surface area contributed by atoms with Gasteiger partial charge in [-0.3, -0.25) is 4.98 Å². The van der Waals surface area contributed by atoms with E-state index in [1.807, 2.05) is 12.4 Å². The molecule has 0 amide bonds. The first-order valence-electron chi connectivity index (χ1n) is 7.11. The van der Waals surface area contributed by atoms with Gasteiger partial charge in [-0.2, -0.15) is 0 Å². The zero-order valence-electron chi connectivity index (χ0n) is 11.9. The van der Waals surface area contributed by atoms with E-state index in [-0.39, 0.29) is 6.04 Å². The monoisotopic (exact) mass is 340 g/mol. The minimum atomic E-state index is 0.177. The Bertz CT molecular complexity index is 732. The molecule has 1 N–H and O–H groups in total. The standard InChI is InChI=1S/C18H17BrN2/c1-2-21-18(14-6-8-15(19)9-7-14)16-5-3-4-13-10-11-20-12-17(13)16/h3-12,18,21H,2H2,1H3. The Labute approximate surface area is 133 Å². The van der Waals surface area contributed by atoms with Crippen LogP contribution in [-0.2, 0) is 0 Å². The van der Waals surface area contributed by atoms with Crippen molar-refractivity contribution in [3.05, 3.63) is 76.5 Å². The third-order valence-corrected chi connectivity index (χ3v) is 4.17. The second-order valence-electron chi connectivity index (χ2n) is 4.99. The summed E-state index contributed by atoms with van der Waals surface area (Å²) < 4.78 is 1.10. The average Bonchev–Trinajstić information content (AvgIpc) is 2.53. The zero-order chi connectivity index (χ0) is 14.7. The quantitative estimate of drug-likeness (QED) is 0.744. The Morgan fingerprint density at radius 2 is 1.90 bits per heavy atom. The van der Waals surface area contributed by atoms with E-state index >= 15 is 0 Å². The van der Waals surface area contributed by atoms with Gasteiger partial charge < -0.3 is 5.32 Å². The van der Waals surface area contributed by atoms with Crippen LogP contribution in [0.5, 0.6) is 0 Å². The van der Waals surface area contributed by atoms with E-state index in [0.717, 1.165) is 11.0 Å². The molecule has 0 aliphatic heterocycles. The number of rotatable bonds is 4. The van der Waals surface area contributed by atoms with Crippen molar-refractivity contribution in [3.63, 3.8) is 0 Å². The lowest BCUT2D eigenvalue weighted by Crippen LogP contribution is -2.22. The van der Waals surface area contributed by atoms with Crippen molar-refractivity contribution in [3.8, 4) is 0 Å². The first kappa shape index (κ1) is 14.2. The molecule has 0 bridgehead atoms. The SMILES string of the molecule is CCNC(c1ccc(Br)cc1)c1cccc2ccncc12. The molecule has 0 fully saturated rings. The van der Waals surface area contributed by atoms with Crippen LogP contribution < -0.4 is 5.32 Å². The Balaban J connectivity index is 2.13. The van der Waals surface area contributed by atoms with Crippen LogP contribution in [-0.4, -0.2) is 11.5 Å². The van der Waals surface area contributed by atoms with Gasteiger partial charge in [-0.1, -0.05) is 53.2 Å². The molecular formula is C18H17BrN2. The second-order valence-corrected chi connectivity index (χ2v) is 5.90. The Morgan fingerprint density at radius 3 is 2.67 bits per heavy atom. The lowest BCUT2D eigenvalue weighted by Gasteiger charge is -2.20. The fourth-order valence-electron chi connectivity index (χ4n) is 2.66. The number of nitrogens with one attached hydrogen (secondary N) is 1. The number of fused-ring (bicyclic) bond motifs is 1. The average molecular weight is 341 g/mol. The Morgan fingerprint density at radius 1 is 1.10 bits per heavy atom. The Hall–Kier alpha value is -1.71. The van der Waals surface area contributed by atoms with Crippen LogP contribution in [0.1, 0.15) is 24.1 Å². The lowest BCUT2D eigenvalue weighted by atomic mass is 9.94. The third kappa shape index (κ3) is 2.99. The van der Waals surface area contributed by atoms with Gasteiger partial charge in [0.2, 0.25) is 0 Å². The van der Waals surface area contributed by atoms with Gasteiger partial charge in [-0.15, -0.1) is 0 Å². The molecule has 0 spiro atoms. The molecule has 3 heteroatoms. The maximum Gasteiger partial charge on any atom is 0.0583 e. The highest BCUT2D eigenvalue weighted by Crippen LogP contribution is 2.29. The second kappa shape index (κ2) is 6.37. The van der Waals surface area contributed by atoms with Crippen molar-refractivity contribution in [2.75, 3.05) is 6.54 Å². The third-order valence-electron chi connectivity index (χ3n) is 3.64. The summed E-state index contributed by atoms with van der Waals surface area (Å²) in [5.41, 5.74) is 2.53. The van der Waals surface area contributed by atoms with Gasteiger partial charge in [0.15, 0.2) is 0 Å². The zero-order valence-corrected chi connectivity index (χ0v) is 13.5. The highest BCUT2D eigenvalue weighted by Gasteiger charge is 2.15. The van der Waals surface area contributed by atoms with E-state index in [0.29, 0.717) is 0 Å². The predicted molar refractivity (Wildman–Crippen MR) is 91.4 cm³/mol. The number of halogens is 1. The molecule has 3 aromatic rings. The van der Waals surface area contributed by atoms with Crippen molar-refractivity contribution in [2.45, 2.75) is 13.0 Å². The molecule has 1 aromatic heterocycles. The van der Waals surface area contributed by atoms with Crippen molar-refractivity contribution >= 4 is 26.7 Å². The summed E-state index contributed by atoms with van der Waals surface area (Å²) in [5.74, 6) is 0. The van der Waals surface area contributed by atoms with E-state index in [4.69, 9.17) is 0 Å². The minimum absolute atomic E-state index is 0.177. The normalized spacial score (nSPS) is 12.5. The van der Waals surface area contributed by atoms with Gasteiger partial charge in [0, 0.05) is 22.3 Å². The van der Waals surface area contributed by atoms with E-state index in [9.17, 15) is 0 Å². The molecule has 2 aromatic carbocycles. The molecule has 1 heterocycles. The molecule has 106 valence electrons. The summed E-state index contributed by atoms with van der Waals surface area (Å²) >= 11 is 3.50. The summed E-state index contributed by atoms with van der Waals surface area (Å²) in [6.07, 6.45) is 3.79. The first-order valence-corrected chi connectivity index (χ1v) is 7.90. The van der Waals surface area contributed by atoms with Crippen molar-refractivity contribution in [2.24, 2.45) is 0 Å². The van der Waals surface area contributed by atoms with Crippen LogP contribution in [0.25, 0.3) is 10.8 Å². The van der Waals surface area contributed by atoms with Gasteiger partial charge in [-0.25, -0.2) is 0 Å². The molecular weight excluding hydrogens is 324 g/mol. The van der Waals surface area contributed by atoms with Crippen molar-refractivity contribution in [1.29, 1.82) is 0 Å². The molecule has 1 unspecified atom stereocenters. The van der Waals surface area contributed by atoms with E-state index in [2.05, 4.69) is 81.7 Å². The highest BCUT2D eigenvalue weighted by molar-refractivity contribution is 9.10. The number of nitrogens with zero attached hydrogens (tertiary/aromatic N) is 1. The van der Waals surface area contributed by atoms with Crippen LogP contribution in [0.4, 0.5) is 0 Å². The highest BCUT2D eigenvalue weighted by atomic mass is 79.9. The fourth-order valence-corrected chi connectivity index (χ4v) is 2.92. The lowest BCUT2D eigenvalue weighted by molar-refractivity contribution is 0.634. The molecule has 3 rings (SSSR count). The van der Waals surface area contributed by atoms with Gasteiger partial charge in [0.05, 0.1) is 6.04 Å². The maximum atomic E-state index is 4.29. The van der Waals surface area contributed by atoms with E-state index in [1.54, 1.807) is 0 Å². The number of hydrogen-bond acceptors (Lipinski definition) is 2. The topological polar surface area (TPSA) is 24.9 Å². The first-order chi connectivity index (χ1) is 10.3. The summed E-state index contributed by atoms with van der Waals surface area (Å²) in [4.78, 5) is 4.29. The molecule has 0 aliphatic rings. The predicted octanol–water partition coefficient (Wildman–Crippen LogP) is 4.70. The number of aromatic nitrogens is 1. The molecule has 0 saturated carbocycles. The summed E-state index contributed by atoms with van der Waals surface area (Å²) in [7, 11) is 0. The summed E-state index contributed by atoms with van der Waals surface area (Å²) in [6, 6.07) is 17.1. The molecule has 2 nitrogen and oxygen atoms in total. The van der Waals surface area contributed by atoms with Gasteiger partial charge in [0.1, 0.15) is 0 Å². The van der Waals surface area contributed by atoms with Gasteiger partial charge in [-0.05, 0) is 41.3 Å². The fraction of sp³-hybridized carbons (Fsp3) is 0.167. The van der Waals surface area contributed by atoms with Crippen LogP contribution >= 0.6 is 15.9 Å². The molecule has 1 atom stereocenters. The molecule has 0 saturated heterocycles. The van der Waals surface area contributed by atoms with Crippen LogP contribution in [0.2, 0.25) is 0 Å². The van der Waals surface area contributed by atoms with Gasteiger partial charge in [0.25, 0.3) is 0 Å². The minimum Gasteiger partial charge on any atom is -0.307 e. The number of benzene rings is 2. The summed E-state index contributed by atoms with van der Waals surface area (Å²) in [6.45, 7) is 3.05. The largest absolute Gasteiger partial charge is 0.307 e. The maximum absolute atomic E-state index is 4.29.